The number of furan rings is 1. The molecule has 4 aromatic rings. The van der Waals surface area contributed by atoms with Gasteiger partial charge < -0.3 is 19.0 Å². The summed E-state index contributed by atoms with van der Waals surface area (Å²) < 4.78 is 12.0. The molecule has 1 aliphatic heterocycles. The zero-order chi connectivity index (χ0) is 20.5. The van der Waals surface area contributed by atoms with Crippen LogP contribution in [0, 0.1) is 13.8 Å². The van der Waals surface area contributed by atoms with Gasteiger partial charge in [-0.3, -0.25) is 5.32 Å². The lowest BCUT2D eigenvalue weighted by Crippen LogP contribution is -2.53. The molecule has 30 heavy (non-hydrogen) atoms. The molecule has 3 aromatic carbocycles. The highest BCUT2D eigenvalue weighted by molar-refractivity contribution is 5.90. The van der Waals surface area contributed by atoms with Crippen molar-refractivity contribution in [2.75, 3.05) is 29.8 Å². The zero-order valence-electron chi connectivity index (χ0n) is 17.3. The van der Waals surface area contributed by atoms with E-state index in [1.54, 1.807) is 0 Å². The first-order valence-electron chi connectivity index (χ1n) is 10.2. The lowest BCUT2D eigenvalue weighted by Gasteiger charge is -2.39. The molecule has 5 heteroatoms. The molecule has 2 heterocycles. The third-order valence-electron chi connectivity index (χ3n) is 5.43. The van der Waals surface area contributed by atoms with Gasteiger partial charge in [-0.15, -0.1) is 0 Å². The van der Waals surface area contributed by atoms with Gasteiger partial charge in [0, 0.05) is 11.1 Å². The van der Waals surface area contributed by atoms with Gasteiger partial charge in [0.25, 0.3) is 0 Å². The molecule has 0 saturated carbocycles. The van der Waals surface area contributed by atoms with Gasteiger partial charge in [-0.25, -0.2) is 0 Å². The van der Waals surface area contributed by atoms with E-state index in [0.717, 1.165) is 65.2 Å². The predicted octanol–water partition coefficient (Wildman–Crippen LogP) is 5.63. The van der Waals surface area contributed by atoms with Crippen molar-refractivity contribution in [3.05, 3.63) is 84.1 Å². The number of ether oxygens (including phenoxy) is 1. The molecule has 0 bridgehead atoms. The van der Waals surface area contributed by atoms with E-state index in [2.05, 4.69) is 58.4 Å². The minimum atomic E-state index is 0.781. The van der Waals surface area contributed by atoms with E-state index in [9.17, 15) is 0 Å². The Morgan fingerprint density at radius 2 is 1.70 bits per heavy atom. The average molecular weight is 399 g/mol. The normalized spacial score (nSPS) is 14.3. The van der Waals surface area contributed by atoms with Crippen molar-refractivity contribution >= 4 is 22.3 Å². The smallest absolute Gasteiger partial charge is 0.157 e. The summed E-state index contributed by atoms with van der Waals surface area (Å²) in [7, 11) is 0. The number of rotatable bonds is 4. The quantitative estimate of drug-likeness (QED) is 0.482. The van der Waals surface area contributed by atoms with E-state index < -0.39 is 0 Å². The van der Waals surface area contributed by atoms with E-state index >= 15 is 0 Å². The molecule has 5 rings (SSSR count). The summed E-state index contributed by atoms with van der Waals surface area (Å²) in [6, 6.07) is 24.6. The fraction of sp³-hybridized carbons (Fsp3) is 0.200. The molecule has 0 radical (unpaired) electrons. The van der Waals surface area contributed by atoms with Crippen molar-refractivity contribution in [1.82, 2.24) is 5.32 Å². The Morgan fingerprint density at radius 1 is 0.867 bits per heavy atom. The second-order valence-corrected chi connectivity index (χ2v) is 7.70. The van der Waals surface area contributed by atoms with E-state index in [1.165, 1.54) is 0 Å². The van der Waals surface area contributed by atoms with Crippen LogP contribution in [-0.4, -0.2) is 20.0 Å². The first kappa shape index (κ1) is 18.6. The molecule has 1 aromatic heterocycles. The Bertz CT molecular complexity index is 1170. The van der Waals surface area contributed by atoms with Gasteiger partial charge in [0.2, 0.25) is 0 Å². The van der Waals surface area contributed by atoms with E-state index in [1.807, 2.05) is 43.3 Å². The minimum absolute atomic E-state index is 0.781. The SMILES string of the molecule is Cc1cc2cccc(N3CNCN(c4ccc(Oc5ccccc5)c(C)c4)C3)c2o1. The summed E-state index contributed by atoms with van der Waals surface area (Å²) in [5, 5.41) is 4.65. The third-order valence-corrected chi connectivity index (χ3v) is 5.43. The lowest BCUT2D eigenvalue weighted by molar-refractivity contribution is 0.478. The Labute approximate surface area is 176 Å². The summed E-state index contributed by atoms with van der Waals surface area (Å²) in [5.41, 5.74) is 4.32. The highest BCUT2D eigenvalue weighted by Crippen LogP contribution is 2.32. The maximum absolute atomic E-state index is 6.04. The predicted molar refractivity (Wildman–Crippen MR) is 121 cm³/mol. The Kier molecular flexibility index (Phi) is 4.81. The van der Waals surface area contributed by atoms with Gasteiger partial charge in [0.15, 0.2) is 5.58 Å². The molecule has 1 fully saturated rings. The molecular formula is C25H25N3O2. The van der Waals surface area contributed by atoms with Crippen LogP contribution < -0.4 is 19.9 Å². The lowest BCUT2D eigenvalue weighted by atomic mass is 10.2. The van der Waals surface area contributed by atoms with Crippen molar-refractivity contribution in [3.63, 3.8) is 0 Å². The summed E-state index contributed by atoms with van der Waals surface area (Å²) in [6.07, 6.45) is 0. The highest BCUT2D eigenvalue weighted by Gasteiger charge is 2.21. The second-order valence-electron chi connectivity index (χ2n) is 7.70. The molecule has 0 aliphatic carbocycles. The van der Waals surface area contributed by atoms with Crippen molar-refractivity contribution in [3.8, 4) is 11.5 Å². The maximum Gasteiger partial charge on any atom is 0.157 e. The van der Waals surface area contributed by atoms with Crippen LogP contribution in [0.2, 0.25) is 0 Å². The maximum atomic E-state index is 6.04. The van der Waals surface area contributed by atoms with Crippen molar-refractivity contribution < 1.29 is 9.15 Å². The molecule has 152 valence electrons. The number of anilines is 2. The molecule has 0 unspecified atom stereocenters. The largest absolute Gasteiger partial charge is 0.459 e. The topological polar surface area (TPSA) is 40.9 Å². The Hall–Kier alpha value is -3.44. The number of hydrogen-bond donors (Lipinski definition) is 1. The number of hydrogen-bond acceptors (Lipinski definition) is 5. The number of aryl methyl sites for hydroxylation is 2. The third kappa shape index (κ3) is 3.60. The van der Waals surface area contributed by atoms with E-state index in [0.29, 0.717) is 0 Å². The Morgan fingerprint density at radius 3 is 2.53 bits per heavy atom. The van der Waals surface area contributed by atoms with Crippen LogP contribution in [0.1, 0.15) is 11.3 Å². The van der Waals surface area contributed by atoms with Crippen LogP contribution in [0.4, 0.5) is 11.4 Å². The van der Waals surface area contributed by atoms with Crippen LogP contribution >= 0.6 is 0 Å². The molecule has 1 saturated heterocycles. The molecule has 1 N–H and O–H groups in total. The van der Waals surface area contributed by atoms with Gasteiger partial charge in [-0.05, 0) is 61.9 Å². The minimum Gasteiger partial charge on any atom is -0.459 e. The van der Waals surface area contributed by atoms with Gasteiger partial charge >= 0.3 is 0 Å². The molecular weight excluding hydrogens is 374 g/mol. The molecule has 5 nitrogen and oxygen atoms in total. The van der Waals surface area contributed by atoms with Crippen molar-refractivity contribution in [1.29, 1.82) is 0 Å². The van der Waals surface area contributed by atoms with Gasteiger partial charge in [0.05, 0.1) is 25.7 Å². The number of nitrogens with zero attached hydrogens (tertiary/aromatic N) is 2. The summed E-state index contributed by atoms with van der Waals surface area (Å²) in [6.45, 7) is 6.44. The van der Waals surface area contributed by atoms with Crippen molar-refractivity contribution in [2.24, 2.45) is 0 Å². The van der Waals surface area contributed by atoms with Crippen LogP contribution in [-0.2, 0) is 0 Å². The fourth-order valence-corrected chi connectivity index (χ4v) is 3.95. The van der Waals surface area contributed by atoms with Crippen LogP contribution in [0.25, 0.3) is 11.0 Å². The number of para-hydroxylation sites is 2. The summed E-state index contributed by atoms with van der Waals surface area (Å²) in [4.78, 5) is 4.62. The van der Waals surface area contributed by atoms with Crippen LogP contribution in [0.15, 0.2) is 77.2 Å². The molecule has 0 atom stereocenters. The van der Waals surface area contributed by atoms with E-state index in [-0.39, 0.29) is 0 Å². The highest BCUT2D eigenvalue weighted by atomic mass is 16.5. The van der Waals surface area contributed by atoms with Crippen LogP contribution in [0.3, 0.4) is 0 Å². The second kappa shape index (κ2) is 7.76. The number of fused-ring (bicyclic) bond motifs is 1. The summed E-state index contributed by atoms with van der Waals surface area (Å²) in [5.74, 6) is 2.66. The monoisotopic (exact) mass is 399 g/mol. The van der Waals surface area contributed by atoms with Gasteiger partial charge in [0.1, 0.15) is 17.3 Å². The zero-order valence-corrected chi connectivity index (χ0v) is 17.3. The average Bonchev–Trinajstić information content (AvgIpc) is 3.16. The van der Waals surface area contributed by atoms with Crippen molar-refractivity contribution in [2.45, 2.75) is 13.8 Å². The first-order valence-corrected chi connectivity index (χ1v) is 10.2. The van der Waals surface area contributed by atoms with Gasteiger partial charge in [-0.2, -0.15) is 0 Å². The molecule has 0 amide bonds. The molecule has 0 spiro atoms. The number of benzene rings is 3. The fourth-order valence-electron chi connectivity index (χ4n) is 3.95. The first-order chi connectivity index (χ1) is 14.7. The standard InChI is InChI=1S/C25H25N3O2/c1-18-13-21(11-12-24(18)30-22-8-4-3-5-9-22)27-15-26-16-28(17-27)23-10-6-7-20-14-19(2)29-25(20)23/h3-14,26H,15-17H2,1-2H3. The van der Waals surface area contributed by atoms with Crippen LogP contribution in [0.5, 0.6) is 11.5 Å². The Balaban J connectivity index is 1.37. The van der Waals surface area contributed by atoms with E-state index in [4.69, 9.17) is 9.15 Å². The molecule has 1 aliphatic rings. The van der Waals surface area contributed by atoms with Gasteiger partial charge in [-0.1, -0.05) is 30.3 Å². The number of nitrogens with one attached hydrogen (secondary N) is 1. The summed E-state index contributed by atoms with van der Waals surface area (Å²) >= 11 is 0.